The molecule has 122 valence electrons. The summed E-state index contributed by atoms with van der Waals surface area (Å²) in [7, 11) is 0. The van der Waals surface area contributed by atoms with Gasteiger partial charge in [-0.3, -0.25) is 0 Å². The Balaban J connectivity index is 2.26. The Kier molecular flexibility index (Phi) is 6.30. The lowest BCUT2D eigenvalue weighted by Gasteiger charge is -2.31. The van der Waals surface area contributed by atoms with Crippen molar-refractivity contribution in [3.63, 3.8) is 0 Å². The number of nitrogens with one attached hydrogen (secondary N) is 4. The fraction of sp³-hybridized carbons (Fsp3) is 0.867. The summed E-state index contributed by atoms with van der Waals surface area (Å²) >= 11 is 0. The molecule has 0 aromatic heterocycles. The van der Waals surface area contributed by atoms with Crippen LogP contribution in [0.1, 0.15) is 60.3 Å². The average Bonchev–Trinajstić information content (AvgIpc) is 2.27. The summed E-state index contributed by atoms with van der Waals surface area (Å²) in [5.74, 6) is 0. The maximum Gasteiger partial charge on any atom is 0.315 e. The van der Waals surface area contributed by atoms with E-state index in [1.807, 2.05) is 34.6 Å². The molecule has 1 saturated carbocycles. The maximum absolute atomic E-state index is 11.8. The molecule has 1 aliphatic carbocycles. The third-order valence-electron chi connectivity index (χ3n) is 3.31. The van der Waals surface area contributed by atoms with E-state index in [2.05, 4.69) is 21.3 Å². The van der Waals surface area contributed by atoms with Gasteiger partial charge in [0, 0.05) is 23.7 Å². The highest BCUT2D eigenvalue weighted by atomic mass is 16.2. The molecular weight excluding hydrogens is 268 g/mol. The summed E-state index contributed by atoms with van der Waals surface area (Å²) in [5, 5.41) is 11.7. The van der Waals surface area contributed by atoms with Gasteiger partial charge in [0.25, 0.3) is 0 Å². The van der Waals surface area contributed by atoms with Crippen molar-refractivity contribution in [3.8, 4) is 0 Å². The minimum Gasteiger partial charge on any atom is -0.336 e. The Morgan fingerprint density at radius 1 is 0.905 bits per heavy atom. The van der Waals surface area contributed by atoms with Crippen molar-refractivity contribution in [2.24, 2.45) is 0 Å². The number of carbonyl (C=O) groups is 2. The topological polar surface area (TPSA) is 82.3 Å². The van der Waals surface area contributed by atoms with Crippen LogP contribution in [0.2, 0.25) is 0 Å². The molecular formula is C15H30N4O2. The van der Waals surface area contributed by atoms with Crippen LogP contribution in [0.25, 0.3) is 0 Å². The number of rotatable bonds is 3. The molecule has 0 bridgehead atoms. The van der Waals surface area contributed by atoms with Crippen molar-refractivity contribution in [1.82, 2.24) is 21.3 Å². The average molecular weight is 298 g/mol. The first kappa shape index (κ1) is 17.6. The SMILES string of the molecule is CC(C)NC(=O)NC1CCC(NC(=O)NC(C)(C)C)CC1. The Hall–Kier alpha value is -1.46. The summed E-state index contributed by atoms with van der Waals surface area (Å²) in [4.78, 5) is 23.4. The van der Waals surface area contributed by atoms with Crippen molar-refractivity contribution in [2.75, 3.05) is 0 Å². The molecule has 6 nitrogen and oxygen atoms in total. The van der Waals surface area contributed by atoms with Crippen molar-refractivity contribution < 1.29 is 9.59 Å². The number of urea groups is 2. The second-order valence-electron chi connectivity index (χ2n) is 7.17. The molecule has 1 fully saturated rings. The van der Waals surface area contributed by atoms with E-state index in [0.717, 1.165) is 25.7 Å². The normalized spacial score (nSPS) is 22.6. The minimum atomic E-state index is -0.224. The van der Waals surface area contributed by atoms with Gasteiger partial charge >= 0.3 is 12.1 Å². The van der Waals surface area contributed by atoms with Gasteiger partial charge in [0.15, 0.2) is 0 Å². The number of hydrogen-bond acceptors (Lipinski definition) is 2. The monoisotopic (exact) mass is 298 g/mol. The van der Waals surface area contributed by atoms with Crippen LogP contribution in [0.4, 0.5) is 9.59 Å². The second kappa shape index (κ2) is 7.52. The zero-order valence-electron chi connectivity index (χ0n) is 13.9. The van der Waals surface area contributed by atoms with Crippen LogP contribution in [0.15, 0.2) is 0 Å². The zero-order valence-corrected chi connectivity index (χ0v) is 13.9. The van der Waals surface area contributed by atoms with Gasteiger partial charge in [-0.2, -0.15) is 0 Å². The highest BCUT2D eigenvalue weighted by Gasteiger charge is 2.24. The predicted molar refractivity (Wildman–Crippen MR) is 84.3 cm³/mol. The molecule has 0 spiro atoms. The molecule has 0 aromatic rings. The lowest BCUT2D eigenvalue weighted by Crippen LogP contribution is -2.52. The molecule has 0 saturated heterocycles. The molecule has 21 heavy (non-hydrogen) atoms. The first-order valence-corrected chi connectivity index (χ1v) is 7.81. The van der Waals surface area contributed by atoms with E-state index in [9.17, 15) is 9.59 Å². The Labute approximate surface area is 127 Å². The standard InChI is InChI=1S/C15H30N4O2/c1-10(2)16-13(20)17-11-6-8-12(9-7-11)18-14(21)19-15(3,4)5/h10-12H,6-9H2,1-5H3,(H2,16,17,20)(H2,18,19,21). The van der Waals surface area contributed by atoms with Gasteiger partial charge in [0.05, 0.1) is 0 Å². The van der Waals surface area contributed by atoms with Crippen LogP contribution >= 0.6 is 0 Å². The summed E-state index contributed by atoms with van der Waals surface area (Å²) in [6.45, 7) is 9.75. The molecule has 4 amide bonds. The summed E-state index contributed by atoms with van der Waals surface area (Å²) in [6.07, 6.45) is 3.58. The van der Waals surface area contributed by atoms with Gasteiger partial charge in [0.1, 0.15) is 0 Å². The Morgan fingerprint density at radius 3 is 1.71 bits per heavy atom. The Bertz CT molecular complexity index is 355. The van der Waals surface area contributed by atoms with Crippen molar-refractivity contribution in [3.05, 3.63) is 0 Å². The van der Waals surface area contributed by atoms with Crippen LogP contribution in [-0.4, -0.2) is 35.7 Å². The van der Waals surface area contributed by atoms with Crippen molar-refractivity contribution in [1.29, 1.82) is 0 Å². The quantitative estimate of drug-likeness (QED) is 0.643. The van der Waals surface area contributed by atoms with Crippen molar-refractivity contribution in [2.45, 2.75) is 84.0 Å². The highest BCUT2D eigenvalue weighted by molar-refractivity contribution is 5.75. The zero-order chi connectivity index (χ0) is 16.0. The van der Waals surface area contributed by atoms with E-state index in [0.29, 0.717) is 0 Å². The van der Waals surface area contributed by atoms with Gasteiger partial charge in [-0.05, 0) is 60.3 Å². The molecule has 4 N–H and O–H groups in total. The van der Waals surface area contributed by atoms with Crippen LogP contribution in [0.5, 0.6) is 0 Å². The van der Waals surface area contributed by atoms with Gasteiger partial charge in [-0.25, -0.2) is 9.59 Å². The van der Waals surface area contributed by atoms with E-state index < -0.39 is 0 Å². The third kappa shape index (κ3) is 7.78. The molecule has 0 aromatic carbocycles. The molecule has 0 heterocycles. The minimum absolute atomic E-state index is 0.105. The third-order valence-corrected chi connectivity index (χ3v) is 3.31. The van der Waals surface area contributed by atoms with E-state index in [4.69, 9.17) is 0 Å². The smallest absolute Gasteiger partial charge is 0.315 e. The number of carbonyl (C=O) groups excluding carboxylic acids is 2. The Morgan fingerprint density at radius 2 is 1.33 bits per heavy atom. The van der Waals surface area contributed by atoms with Crippen LogP contribution in [-0.2, 0) is 0 Å². The summed E-state index contributed by atoms with van der Waals surface area (Å²) in [5.41, 5.74) is -0.224. The first-order valence-electron chi connectivity index (χ1n) is 7.81. The summed E-state index contributed by atoms with van der Waals surface area (Å²) in [6, 6.07) is 0.318. The van der Waals surface area contributed by atoms with Crippen molar-refractivity contribution >= 4 is 12.1 Å². The number of hydrogen-bond donors (Lipinski definition) is 4. The molecule has 1 aliphatic rings. The van der Waals surface area contributed by atoms with Gasteiger partial charge in [0.2, 0.25) is 0 Å². The molecule has 1 rings (SSSR count). The van der Waals surface area contributed by atoms with E-state index in [1.165, 1.54) is 0 Å². The lowest BCUT2D eigenvalue weighted by atomic mass is 9.91. The first-order chi connectivity index (χ1) is 9.65. The van der Waals surface area contributed by atoms with Crippen LogP contribution in [0, 0.1) is 0 Å². The van der Waals surface area contributed by atoms with Crippen LogP contribution in [0.3, 0.4) is 0 Å². The van der Waals surface area contributed by atoms with Gasteiger partial charge in [-0.15, -0.1) is 0 Å². The number of amides is 4. The summed E-state index contributed by atoms with van der Waals surface area (Å²) < 4.78 is 0. The fourth-order valence-corrected chi connectivity index (χ4v) is 2.43. The molecule has 0 aliphatic heterocycles. The molecule has 6 heteroatoms. The fourth-order valence-electron chi connectivity index (χ4n) is 2.43. The molecule has 0 atom stereocenters. The largest absolute Gasteiger partial charge is 0.336 e. The second-order valence-corrected chi connectivity index (χ2v) is 7.17. The predicted octanol–water partition coefficient (Wildman–Crippen LogP) is 2.10. The van der Waals surface area contributed by atoms with E-state index in [1.54, 1.807) is 0 Å². The lowest BCUT2D eigenvalue weighted by molar-refractivity contribution is 0.215. The van der Waals surface area contributed by atoms with Gasteiger partial charge in [-0.1, -0.05) is 0 Å². The van der Waals surface area contributed by atoms with E-state index >= 15 is 0 Å². The maximum atomic E-state index is 11.8. The van der Waals surface area contributed by atoms with Crippen LogP contribution < -0.4 is 21.3 Å². The van der Waals surface area contributed by atoms with Gasteiger partial charge < -0.3 is 21.3 Å². The molecule has 0 unspecified atom stereocenters. The van der Waals surface area contributed by atoms with E-state index in [-0.39, 0.29) is 35.7 Å². The molecule has 0 radical (unpaired) electrons. The highest BCUT2D eigenvalue weighted by Crippen LogP contribution is 2.18.